The molecule has 0 saturated heterocycles. The lowest BCUT2D eigenvalue weighted by molar-refractivity contribution is -0.118. The minimum absolute atomic E-state index is 0.215. The second-order valence-corrected chi connectivity index (χ2v) is 8.83. The molecule has 1 heterocycles. The molecular weight excluding hydrogens is 420 g/mol. The van der Waals surface area contributed by atoms with Crippen LogP contribution in [0.5, 0.6) is 0 Å². The molecular formula is C25H30N4O4. The van der Waals surface area contributed by atoms with Crippen molar-refractivity contribution in [3.05, 3.63) is 65.9 Å². The predicted molar refractivity (Wildman–Crippen MR) is 128 cm³/mol. The van der Waals surface area contributed by atoms with Crippen molar-refractivity contribution in [2.75, 3.05) is 12.4 Å². The molecule has 3 amide bonds. The van der Waals surface area contributed by atoms with E-state index in [0.29, 0.717) is 11.3 Å². The topological polar surface area (TPSA) is 101 Å². The number of nitrogens with one attached hydrogen (secondary N) is 3. The van der Waals surface area contributed by atoms with Gasteiger partial charge in [0.1, 0.15) is 11.6 Å². The number of carbonyl (C=O) groups is 3. The van der Waals surface area contributed by atoms with Crippen LogP contribution in [0.3, 0.4) is 0 Å². The van der Waals surface area contributed by atoms with Crippen LogP contribution in [0.1, 0.15) is 36.7 Å². The number of hydrogen-bond donors (Lipinski definition) is 3. The third-order valence-electron chi connectivity index (χ3n) is 5.05. The van der Waals surface area contributed by atoms with Crippen LogP contribution >= 0.6 is 0 Å². The zero-order valence-electron chi connectivity index (χ0n) is 19.6. The Hall–Kier alpha value is -3.81. The molecule has 0 bridgehead atoms. The third-order valence-corrected chi connectivity index (χ3v) is 5.05. The number of aryl methyl sites for hydroxylation is 1. The van der Waals surface area contributed by atoms with Gasteiger partial charge >= 0.3 is 6.09 Å². The van der Waals surface area contributed by atoms with E-state index in [-0.39, 0.29) is 18.2 Å². The van der Waals surface area contributed by atoms with Crippen molar-refractivity contribution in [2.24, 2.45) is 7.05 Å². The highest BCUT2D eigenvalue weighted by molar-refractivity contribution is 5.98. The van der Waals surface area contributed by atoms with Gasteiger partial charge in [-0.2, -0.15) is 0 Å². The highest BCUT2D eigenvalue weighted by Crippen LogP contribution is 2.22. The summed E-state index contributed by atoms with van der Waals surface area (Å²) in [4.78, 5) is 37.4. The van der Waals surface area contributed by atoms with E-state index in [2.05, 4.69) is 16.0 Å². The SMILES string of the molecule is CNC(=O)c1ccc(NC(=O)[C@@H](Cc2cn(C)c3ccccc23)NC(=O)OC(C)(C)C)cc1. The summed E-state index contributed by atoms with van der Waals surface area (Å²) in [7, 11) is 3.49. The largest absolute Gasteiger partial charge is 0.444 e. The van der Waals surface area contributed by atoms with Gasteiger partial charge in [-0.05, 0) is 56.7 Å². The van der Waals surface area contributed by atoms with Gasteiger partial charge in [0.2, 0.25) is 5.91 Å². The summed E-state index contributed by atoms with van der Waals surface area (Å²) in [5.41, 5.74) is 2.27. The Bertz CT molecular complexity index is 1160. The smallest absolute Gasteiger partial charge is 0.408 e. The fourth-order valence-electron chi connectivity index (χ4n) is 3.55. The molecule has 33 heavy (non-hydrogen) atoms. The molecule has 0 radical (unpaired) electrons. The number of nitrogens with zero attached hydrogens (tertiary/aromatic N) is 1. The number of hydrogen-bond acceptors (Lipinski definition) is 4. The van der Waals surface area contributed by atoms with Crippen LogP contribution in [0, 0.1) is 0 Å². The fraction of sp³-hybridized carbons (Fsp3) is 0.320. The van der Waals surface area contributed by atoms with E-state index in [1.165, 1.54) is 0 Å². The standard InChI is InChI=1S/C25H30N4O4/c1-25(2,3)33-24(32)28-20(14-17-15-29(5)21-9-7-6-8-19(17)21)23(31)27-18-12-10-16(11-13-18)22(30)26-4/h6-13,15,20H,14H2,1-5H3,(H,26,30)(H,27,31)(H,28,32)/t20-/m1/s1. The first-order valence-electron chi connectivity index (χ1n) is 10.7. The number of para-hydroxylation sites is 1. The van der Waals surface area contributed by atoms with Gasteiger partial charge in [0.25, 0.3) is 5.91 Å². The van der Waals surface area contributed by atoms with Crippen molar-refractivity contribution in [3.8, 4) is 0 Å². The first-order chi connectivity index (χ1) is 15.6. The van der Waals surface area contributed by atoms with Gasteiger partial charge in [-0.1, -0.05) is 18.2 Å². The predicted octanol–water partition coefficient (Wildman–Crippen LogP) is 3.61. The Kier molecular flexibility index (Phi) is 7.06. The van der Waals surface area contributed by atoms with Crippen molar-refractivity contribution in [2.45, 2.75) is 38.8 Å². The molecule has 2 aromatic carbocycles. The molecule has 1 atom stereocenters. The molecule has 8 heteroatoms. The average Bonchev–Trinajstić information content (AvgIpc) is 3.07. The Morgan fingerprint density at radius 3 is 2.33 bits per heavy atom. The Morgan fingerprint density at radius 2 is 1.70 bits per heavy atom. The van der Waals surface area contributed by atoms with Crippen LogP contribution in [0.25, 0.3) is 10.9 Å². The highest BCUT2D eigenvalue weighted by Gasteiger charge is 2.26. The van der Waals surface area contributed by atoms with Crippen LogP contribution in [0.2, 0.25) is 0 Å². The summed E-state index contributed by atoms with van der Waals surface area (Å²) in [6.07, 6.45) is 1.57. The molecule has 1 aromatic heterocycles. The number of aromatic nitrogens is 1. The number of amides is 3. The van der Waals surface area contributed by atoms with E-state index in [9.17, 15) is 14.4 Å². The maximum absolute atomic E-state index is 13.2. The molecule has 174 valence electrons. The van der Waals surface area contributed by atoms with Crippen LogP contribution in [0.15, 0.2) is 54.7 Å². The van der Waals surface area contributed by atoms with E-state index in [1.807, 2.05) is 42.1 Å². The van der Waals surface area contributed by atoms with E-state index in [0.717, 1.165) is 16.5 Å². The van der Waals surface area contributed by atoms with Gasteiger partial charge in [0.05, 0.1) is 0 Å². The van der Waals surface area contributed by atoms with Gasteiger partial charge in [-0.25, -0.2) is 4.79 Å². The van der Waals surface area contributed by atoms with Crippen molar-refractivity contribution >= 4 is 34.5 Å². The van der Waals surface area contributed by atoms with E-state index in [4.69, 9.17) is 4.74 Å². The molecule has 0 aliphatic rings. The molecule has 0 saturated carbocycles. The molecule has 0 spiro atoms. The number of ether oxygens (including phenoxy) is 1. The van der Waals surface area contributed by atoms with Crippen molar-refractivity contribution < 1.29 is 19.1 Å². The number of rotatable bonds is 6. The molecule has 3 rings (SSSR count). The summed E-state index contributed by atoms with van der Waals surface area (Å²) in [6, 6.07) is 13.5. The minimum atomic E-state index is -0.871. The first kappa shape index (κ1) is 23.8. The van der Waals surface area contributed by atoms with Crippen molar-refractivity contribution in [1.82, 2.24) is 15.2 Å². The summed E-state index contributed by atoms with van der Waals surface area (Å²) in [6.45, 7) is 5.29. The molecule has 3 aromatic rings. The van der Waals surface area contributed by atoms with Crippen LogP contribution in [0.4, 0.5) is 10.5 Å². The lowest BCUT2D eigenvalue weighted by Crippen LogP contribution is -2.47. The number of benzene rings is 2. The normalized spacial score (nSPS) is 12.2. The van der Waals surface area contributed by atoms with E-state index in [1.54, 1.807) is 52.1 Å². The zero-order chi connectivity index (χ0) is 24.2. The number of carbonyl (C=O) groups excluding carboxylic acids is 3. The van der Waals surface area contributed by atoms with Crippen LogP contribution in [-0.4, -0.2) is 41.2 Å². The molecule has 0 aliphatic heterocycles. The second-order valence-electron chi connectivity index (χ2n) is 8.83. The maximum atomic E-state index is 13.2. The van der Waals surface area contributed by atoms with E-state index < -0.39 is 17.7 Å². The molecule has 8 nitrogen and oxygen atoms in total. The van der Waals surface area contributed by atoms with Crippen LogP contribution in [-0.2, 0) is 23.0 Å². The molecule has 3 N–H and O–H groups in total. The van der Waals surface area contributed by atoms with E-state index >= 15 is 0 Å². The van der Waals surface area contributed by atoms with Gasteiger partial charge in [-0.15, -0.1) is 0 Å². The fourth-order valence-corrected chi connectivity index (χ4v) is 3.55. The second kappa shape index (κ2) is 9.77. The quantitative estimate of drug-likeness (QED) is 0.534. The van der Waals surface area contributed by atoms with Crippen molar-refractivity contribution in [1.29, 1.82) is 0 Å². The lowest BCUT2D eigenvalue weighted by Gasteiger charge is -2.23. The Morgan fingerprint density at radius 1 is 1.03 bits per heavy atom. The summed E-state index contributed by atoms with van der Waals surface area (Å²) >= 11 is 0. The zero-order valence-corrected chi connectivity index (χ0v) is 19.6. The van der Waals surface area contributed by atoms with Gasteiger partial charge < -0.3 is 25.3 Å². The third kappa shape index (κ3) is 6.12. The number of fused-ring (bicyclic) bond motifs is 1. The monoisotopic (exact) mass is 450 g/mol. The summed E-state index contributed by atoms with van der Waals surface area (Å²) < 4.78 is 7.36. The van der Waals surface area contributed by atoms with Gasteiger partial charge in [0, 0.05) is 48.9 Å². The highest BCUT2D eigenvalue weighted by atomic mass is 16.6. The van der Waals surface area contributed by atoms with Gasteiger partial charge in [0.15, 0.2) is 0 Å². The van der Waals surface area contributed by atoms with Crippen LogP contribution < -0.4 is 16.0 Å². The summed E-state index contributed by atoms with van der Waals surface area (Å²) in [5, 5.41) is 9.10. The number of alkyl carbamates (subject to hydrolysis) is 1. The lowest BCUT2D eigenvalue weighted by atomic mass is 10.0. The van der Waals surface area contributed by atoms with Gasteiger partial charge in [-0.3, -0.25) is 9.59 Å². The minimum Gasteiger partial charge on any atom is -0.444 e. The maximum Gasteiger partial charge on any atom is 0.408 e. The van der Waals surface area contributed by atoms with Crippen molar-refractivity contribution in [3.63, 3.8) is 0 Å². The molecule has 0 fully saturated rings. The first-order valence-corrected chi connectivity index (χ1v) is 10.7. The number of anilines is 1. The molecule has 0 aliphatic carbocycles. The Balaban J connectivity index is 1.83. The summed E-state index contributed by atoms with van der Waals surface area (Å²) in [5.74, 6) is -0.602. The molecule has 0 unspecified atom stereocenters. The average molecular weight is 451 g/mol. The Labute approximate surface area is 193 Å².